The van der Waals surface area contributed by atoms with Gasteiger partial charge in [-0.15, -0.1) is 0 Å². The lowest BCUT2D eigenvalue weighted by atomic mass is 9.79. The molecule has 2 N–H and O–H groups in total. The summed E-state index contributed by atoms with van der Waals surface area (Å²) in [5, 5.41) is 0. The molecule has 3 atom stereocenters. The lowest BCUT2D eigenvalue weighted by molar-refractivity contribution is -0.138. The van der Waals surface area contributed by atoms with E-state index in [0.717, 1.165) is 19.3 Å². The molecule has 21 heavy (non-hydrogen) atoms. The maximum absolute atomic E-state index is 12.7. The van der Waals surface area contributed by atoms with Gasteiger partial charge in [0.25, 0.3) is 0 Å². The standard InChI is InChI=1S/C16H32N2O3/c1-4-20-10-8-18(9-11-21-5-2)16(19)14-6-7-15(17)13(3)12-14/h13-15H,4-12,17H2,1-3H3. The third-order valence-electron chi connectivity index (χ3n) is 4.32. The predicted molar refractivity (Wildman–Crippen MR) is 84.0 cm³/mol. The Kier molecular flexibility index (Phi) is 8.88. The minimum atomic E-state index is 0.114. The highest BCUT2D eigenvalue weighted by molar-refractivity contribution is 5.79. The van der Waals surface area contributed by atoms with Crippen LogP contribution in [0.4, 0.5) is 0 Å². The molecule has 0 aromatic carbocycles. The van der Waals surface area contributed by atoms with Gasteiger partial charge in [-0.2, -0.15) is 0 Å². The third kappa shape index (κ3) is 6.32. The Morgan fingerprint density at radius 1 is 1.14 bits per heavy atom. The van der Waals surface area contributed by atoms with E-state index in [2.05, 4.69) is 6.92 Å². The molecule has 5 heteroatoms. The topological polar surface area (TPSA) is 64.8 Å². The van der Waals surface area contributed by atoms with Crippen LogP contribution in [0.5, 0.6) is 0 Å². The number of carbonyl (C=O) groups is 1. The lowest BCUT2D eigenvalue weighted by Crippen LogP contribution is -2.44. The number of amides is 1. The number of carbonyl (C=O) groups excluding carboxylic acids is 1. The number of nitrogens with zero attached hydrogens (tertiary/aromatic N) is 1. The van der Waals surface area contributed by atoms with Gasteiger partial charge in [-0.1, -0.05) is 6.92 Å². The molecular formula is C16H32N2O3. The number of hydrogen-bond acceptors (Lipinski definition) is 4. The van der Waals surface area contributed by atoms with Crippen molar-refractivity contribution in [1.82, 2.24) is 4.90 Å². The zero-order valence-corrected chi connectivity index (χ0v) is 13.8. The van der Waals surface area contributed by atoms with E-state index in [9.17, 15) is 4.79 Å². The molecule has 0 aliphatic heterocycles. The normalized spacial score (nSPS) is 25.8. The first-order valence-corrected chi connectivity index (χ1v) is 8.29. The number of nitrogens with two attached hydrogens (primary N) is 1. The highest BCUT2D eigenvalue weighted by Gasteiger charge is 2.31. The van der Waals surface area contributed by atoms with E-state index >= 15 is 0 Å². The molecule has 1 aliphatic rings. The van der Waals surface area contributed by atoms with Crippen LogP contribution in [0.1, 0.15) is 40.0 Å². The molecule has 0 radical (unpaired) electrons. The maximum atomic E-state index is 12.7. The Morgan fingerprint density at radius 2 is 1.71 bits per heavy atom. The molecule has 5 nitrogen and oxygen atoms in total. The quantitative estimate of drug-likeness (QED) is 0.658. The second-order valence-electron chi connectivity index (χ2n) is 5.87. The fraction of sp³-hybridized carbons (Fsp3) is 0.938. The highest BCUT2D eigenvalue weighted by Crippen LogP contribution is 2.29. The molecule has 3 unspecified atom stereocenters. The molecule has 0 bridgehead atoms. The number of rotatable bonds is 9. The van der Waals surface area contributed by atoms with Gasteiger partial charge in [-0.25, -0.2) is 0 Å². The maximum Gasteiger partial charge on any atom is 0.225 e. The van der Waals surface area contributed by atoms with E-state index in [1.807, 2.05) is 18.7 Å². The number of hydrogen-bond donors (Lipinski definition) is 1. The van der Waals surface area contributed by atoms with Crippen LogP contribution in [0.15, 0.2) is 0 Å². The van der Waals surface area contributed by atoms with Crippen LogP contribution in [0.2, 0.25) is 0 Å². The second-order valence-corrected chi connectivity index (χ2v) is 5.87. The van der Waals surface area contributed by atoms with Crippen LogP contribution in [-0.2, 0) is 14.3 Å². The van der Waals surface area contributed by atoms with Crippen molar-refractivity contribution < 1.29 is 14.3 Å². The Morgan fingerprint density at radius 3 is 2.19 bits per heavy atom. The van der Waals surface area contributed by atoms with E-state index in [1.165, 1.54) is 0 Å². The van der Waals surface area contributed by atoms with Crippen LogP contribution >= 0.6 is 0 Å². The molecule has 0 saturated heterocycles. The molecule has 124 valence electrons. The van der Waals surface area contributed by atoms with Gasteiger partial charge in [-0.3, -0.25) is 4.79 Å². The van der Waals surface area contributed by atoms with Crippen molar-refractivity contribution in [3.05, 3.63) is 0 Å². The van der Waals surface area contributed by atoms with Gasteiger partial charge < -0.3 is 20.1 Å². The van der Waals surface area contributed by atoms with Crippen LogP contribution in [0.3, 0.4) is 0 Å². The highest BCUT2D eigenvalue weighted by atomic mass is 16.5. The Hall–Kier alpha value is -0.650. The molecule has 0 aromatic rings. The SMILES string of the molecule is CCOCCN(CCOCC)C(=O)C1CCC(N)C(C)C1. The molecule has 1 aliphatic carbocycles. The van der Waals surface area contributed by atoms with Crippen molar-refractivity contribution in [3.8, 4) is 0 Å². The molecule has 0 spiro atoms. The second kappa shape index (κ2) is 10.1. The van der Waals surface area contributed by atoms with Gasteiger partial charge in [0, 0.05) is 38.3 Å². The van der Waals surface area contributed by atoms with Crippen molar-refractivity contribution in [3.63, 3.8) is 0 Å². The van der Waals surface area contributed by atoms with Crippen LogP contribution in [0, 0.1) is 11.8 Å². The fourth-order valence-corrected chi connectivity index (χ4v) is 2.87. The summed E-state index contributed by atoms with van der Waals surface area (Å²) in [6.07, 6.45) is 2.76. The Labute approximate surface area is 129 Å². The monoisotopic (exact) mass is 300 g/mol. The molecule has 1 saturated carbocycles. The molecule has 0 aromatic heterocycles. The van der Waals surface area contributed by atoms with Crippen LogP contribution in [-0.4, -0.2) is 56.4 Å². The van der Waals surface area contributed by atoms with Gasteiger partial charge in [0.15, 0.2) is 0 Å². The first-order chi connectivity index (χ1) is 10.1. The van der Waals surface area contributed by atoms with Crippen molar-refractivity contribution in [1.29, 1.82) is 0 Å². The van der Waals surface area contributed by atoms with Crippen LogP contribution < -0.4 is 5.73 Å². The smallest absolute Gasteiger partial charge is 0.225 e. The van der Waals surface area contributed by atoms with Gasteiger partial charge >= 0.3 is 0 Å². The van der Waals surface area contributed by atoms with E-state index < -0.39 is 0 Å². The minimum absolute atomic E-state index is 0.114. The van der Waals surface area contributed by atoms with E-state index in [1.54, 1.807) is 0 Å². The summed E-state index contributed by atoms with van der Waals surface area (Å²) >= 11 is 0. The van der Waals surface area contributed by atoms with E-state index in [0.29, 0.717) is 45.4 Å². The zero-order valence-electron chi connectivity index (χ0n) is 13.8. The zero-order chi connectivity index (χ0) is 15.7. The first-order valence-electron chi connectivity index (χ1n) is 8.29. The van der Waals surface area contributed by atoms with Crippen LogP contribution in [0.25, 0.3) is 0 Å². The Bertz CT molecular complexity index is 289. The van der Waals surface area contributed by atoms with Crippen molar-refractivity contribution in [2.24, 2.45) is 17.6 Å². The van der Waals surface area contributed by atoms with Gasteiger partial charge in [0.05, 0.1) is 13.2 Å². The van der Waals surface area contributed by atoms with Crippen molar-refractivity contribution in [2.75, 3.05) is 39.5 Å². The van der Waals surface area contributed by atoms with E-state index in [4.69, 9.17) is 15.2 Å². The van der Waals surface area contributed by atoms with E-state index in [-0.39, 0.29) is 17.9 Å². The van der Waals surface area contributed by atoms with Gasteiger partial charge in [0.1, 0.15) is 0 Å². The Balaban J connectivity index is 2.51. The summed E-state index contributed by atoms with van der Waals surface area (Å²) in [6.45, 7) is 9.94. The molecular weight excluding hydrogens is 268 g/mol. The van der Waals surface area contributed by atoms with Crippen molar-refractivity contribution in [2.45, 2.75) is 46.1 Å². The van der Waals surface area contributed by atoms with Gasteiger partial charge in [-0.05, 0) is 39.0 Å². The third-order valence-corrected chi connectivity index (χ3v) is 4.32. The minimum Gasteiger partial charge on any atom is -0.380 e. The summed E-state index contributed by atoms with van der Waals surface area (Å²) in [5.74, 6) is 0.782. The molecule has 1 fully saturated rings. The molecule has 1 rings (SSSR count). The average Bonchev–Trinajstić information content (AvgIpc) is 2.48. The largest absolute Gasteiger partial charge is 0.380 e. The number of ether oxygens (including phenoxy) is 2. The lowest BCUT2D eigenvalue weighted by Gasteiger charge is -2.34. The summed E-state index contributed by atoms with van der Waals surface area (Å²) in [7, 11) is 0. The predicted octanol–water partition coefficient (Wildman–Crippen LogP) is 1.65. The average molecular weight is 300 g/mol. The van der Waals surface area contributed by atoms with Gasteiger partial charge in [0.2, 0.25) is 5.91 Å². The summed E-state index contributed by atoms with van der Waals surface area (Å²) in [6, 6.07) is 0.245. The fourth-order valence-electron chi connectivity index (χ4n) is 2.87. The molecule has 1 amide bonds. The summed E-state index contributed by atoms with van der Waals surface area (Å²) < 4.78 is 10.8. The first kappa shape index (κ1) is 18.4. The summed E-state index contributed by atoms with van der Waals surface area (Å²) in [4.78, 5) is 14.6. The summed E-state index contributed by atoms with van der Waals surface area (Å²) in [5.41, 5.74) is 6.05. The van der Waals surface area contributed by atoms with Crippen molar-refractivity contribution >= 4 is 5.91 Å². The molecule has 0 heterocycles.